The molecule has 0 saturated carbocycles. The maximum atomic E-state index is 11.9. The SMILES string of the molecule is COc1cc(C(=O)N[NH+](C)C)cc(OC)c1OC. The highest BCUT2D eigenvalue weighted by Gasteiger charge is 2.17. The summed E-state index contributed by atoms with van der Waals surface area (Å²) in [5.74, 6) is 1.16. The number of benzene rings is 1. The first-order valence-corrected chi connectivity index (χ1v) is 5.45. The Bertz CT molecular complexity index is 407. The van der Waals surface area contributed by atoms with Gasteiger partial charge in [0.05, 0.1) is 41.0 Å². The first-order chi connectivity index (χ1) is 8.53. The molecule has 0 fully saturated rings. The molecular formula is C12H19N2O4+. The zero-order valence-corrected chi connectivity index (χ0v) is 11.3. The van der Waals surface area contributed by atoms with Crippen molar-refractivity contribution in [2.24, 2.45) is 0 Å². The molecule has 0 atom stereocenters. The number of amides is 1. The van der Waals surface area contributed by atoms with Crippen molar-refractivity contribution in [3.8, 4) is 17.2 Å². The third kappa shape index (κ3) is 3.04. The van der Waals surface area contributed by atoms with Crippen molar-refractivity contribution >= 4 is 5.91 Å². The maximum absolute atomic E-state index is 11.9. The van der Waals surface area contributed by atoms with E-state index in [0.717, 1.165) is 5.01 Å². The Labute approximate surface area is 106 Å². The predicted molar refractivity (Wildman–Crippen MR) is 66.4 cm³/mol. The van der Waals surface area contributed by atoms with Gasteiger partial charge in [-0.25, -0.2) is 5.01 Å². The summed E-state index contributed by atoms with van der Waals surface area (Å²) in [5, 5.41) is 0.814. The van der Waals surface area contributed by atoms with Gasteiger partial charge in [0.15, 0.2) is 11.5 Å². The molecule has 0 unspecified atom stereocenters. The molecule has 0 aliphatic heterocycles. The Balaban J connectivity index is 3.18. The lowest BCUT2D eigenvalue weighted by Gasteiger charge is -2.14. The molecule has 0 saturated heterocycles. The second-order valence-corrected chi connectivity index (χ2v) is 3.87. The summed E-state index contributed by atoms with van der Waals surface area (Å²) in [4.78, 5) is 11.9. The molecule has 1 aromatic rings. The van der Waals surface area contributed by atoms with Crippen LogP contribution in [0.2, 0.25) is 0 Å². The van der Waals surface area contributed by atoms with Gasteiger partial charge in [0.1, 0.15) is 0 Å². The molecule has 18 heavy (non-hydrogen) atoms. The molecule has 6 heteroatoms. The number of quaternary nitrogens is 1. The summed E-state index contributed by atoms with van der Waals surface area (Å²) in [6.07, 6.45) is 0. The quantitative estimate of drug-likeness (QED) is 0.697. The van der Waals surface area contributed by atoms with Gasteiger partial charge in [-0.1, -0.05) is 0 Å². The van der Waals surface area contributed by atoms with E-state index in [1.54, 1.807) is 12.1 Å². The van der Waals surface area contributed by atoms with Crippen LogP contribution in [0.25, 0.3) is 0 Å². The molecular weight excluding hydrogens is 236 g/mol. The minimum atomic E-state index is -0.214. The number of carbonyl (C=O) groups excluding carboxylic acids is 1. The molecule has 6 nitrogen and oxygen atoms in total. The lowest BCUT2D eigenvalue weighted by Crippen LogP contribution is -3.13. The Kier molecular flexibility index (Phi) is 4.79. The largest absolute Gasteiger partial charge is 0.493 e. The molecule has 1 amide bonds. The number of rotatable bonds is 5. The summed E-state index contributed by atoms with van der Waals surface area (Å²) >= 11 is 0. The third-order valence-electron chi connectivity index (χ3n) is 2.29. The number of carbonyl (C=O) groups is 1. The van der Waals surface area contributed by atoms with Crippen molar-refractivity contribution in [2.45, 2.75) is 0 Å². The molecule has 0 spiro atoms. The van der Waals surface area contributed by atoms with Crippen molar-refractivity contribution in [1.82, 2.24) is 5.43 Å². The van der Waals surface area contributed by atoms with Gasteiger partial charge in [-0.05, 0) is 12.1 Å². The van der Waals surface area contributed by atoms with E-state index < -0.39 is 0 Å². The lowest BCUT2D eigenvalue weighted by molar-refractivity contribution is -0.895. The van der Waals surface area contributed by atoms with Crippen LogP contribution >= 0.6 is 0 Å². The minimum Gasteiger partial charge on any atom is -0.493 e. The van der Waals surface area contributed by atoms with Crippen LogP contribution in [-0.4, -0.2) is 41.3 Å². The van der Waals surface area contributed by atoms with Crippen LogP contribution in [0.5, 0.6) is 17.2 Å². The van der Waals surface area contributed by atoms with Gasteiger partial charge in [-0.2, -0.15) is 5.43 Å². The van der Waals surface area contributed by atoms with E-state index >= 15 is 0 Å². The van der Waals surface area contributed by atoms with Crippen LogP contribution < -0.4 is 24.6 Å². The Morgan fingerprint density at radius 3 is 1.89 bits per heavy atom. The van der Waals surface area contributed by atoms with E-state index in [1.165, 1.54) is 21.3 Å². The highest BCUT2D eigenvalue weighted by atomic mass is 16.5. The van der Waals surface area contributed by atoms with Crippen LogP contribution in [0.15, 0.2) is 12.1 Å². The normalized spacial score (nSPS) is 10.1. The summed E-state index contributed by atoms with van der Waals surface area (Å²) in [5.41, 5.74) is 3.17. The highest BCUT2D eigenvalue weighted by Crippen LogP contribution is 2.38. The second kappa shape index (κ2) is 6.11. The molecule has 0 radical (unpaired) electrons. The zero-order valence-electron chi connectivity index (χ0n) is 11.3. The topological polar surface area (TPSA) is 61.2 Å². The number of hydrogen-bond acceptors (Lipinski definition) is 4. The molecule has 0 aliphatic carbocycles. The molecule has 1 rings (SSSR count). The Hall–Kier alpha value is -1.95. The van der Waals surface area contributed by atoms with E-state index in [-0.39, 0.29) is 5.91 Å². The number of ether oxygens (including phenoxy) is 3. The van der Waals surface area contributed by atoms with Crippen molar-refractivity contribution in [2.75, 3.05) is 35.4 Å². The Morgan fingerprint density at radius 1 is 1.06 bits per heavy atom. The average Bonchev–Trinajstić information content (AvgIpc) is 2.35. The lowest BCUT2D eigenvalue weighted by atomic mass is 10.1. The Morgan fingerprint density at radius 2 is 1.56 bits per heavy atom. The van der Waals surface area contributed by atoms with Crippen LogP contribution in [0, 0.1) is 0 Å². The van der Waals surface area contributed by atoms with Gasteiger partial charge in [0, 0.05) is 0 Å². The van der Waals surface area contributed by atoms with Gasteiger partial charge in [-0.3, -0.25) is 4.79 Å². The van der Waals surface area contributed by atoms with E-state index in [0.29, 0.717) is 22.8 Å². The molecule has 0 aliphatic rings. The predicted octanol–water partition coefficient (Wildman–Crippen LogP) is -0.498. The second-order valence-electron chi connectivity index (χ2n) is 3.87. The number of hydrogen-bond donors (Lipinski definition) is 2. The molecule has 100 valence electrons. The monoisotopic (exact) mass is 255 g/mol. The summed E-state index contributed by atoms with van der Waals surface area (Å²) in [7, 11) is 8.17. The van der Waals surface area contributed by atoms with Crippen LogP contribution in [0.4, 0.5) is 0 Å². The van der Waals surface area contributed by atoms with Gasteiger partial charge in [-0.15, -0.1) is 0 Å². The van der Waals surface area contributed by atoms with E-state index in [4.69, 9.17) is 14.2 Å². The van der Waals surface area contributed by atoms with Crippen LogP contribution in [-0.2, 0) is 0 Å². The first kappa shape index (κ1) is 14.1. The number of methoxy groups -OCH3 is 3. The van der Waals surface area contributed by atoms with Crippen molar-refractivity contribution in [3.63, 3.8) is 0 Å². The third-order valence-corrected chi connectivity index (χ3v) is 2.29. The first-order valence-electron chi connectivity index (χ1n) is 5.45. The fourth-order valence-electron chi connectivity index (χ4n) is 1.51. The smallest absolute Gasteiger partial charge is 0.296 e. The van der Waals surface area contributed by atoms with Gasteiger partial charge < -0.3 is 14.2 Å². The summed E-state index contributed by atoms with van der Waals surface area (Å²) < 4.78 is 15.6. The fourth-order valence-corrected chi connectivity index (χ4v) is 1.51. The molecule has 0 bridgehead atoms. The maximum Gasteiger partial charge on any atom is 0.296 e. The summed E-state index contributed by atoms with van der Waals surface area (Å²) in [6.45, 7) is 0. The van der Waals surface area contributed by atoms with E-state index in [1.807, 2.05) is 14.1 Å². The fraction of sp³-hybridized carbons (Fsp3) is 0.417. The van der Waals surface area contributed by atoms with Gasteiger partial charge in [0.25, 0.3) is 5.91 Å². The van der Waals surface area contributed by atoms with Crippen molar-refractivity contribution in [1.29, 1.82) is 0 Å². The van der Waals surface area contributed by atoms with Crippen LogP contribution in [0.1, 0.15) is 10.4 Å². The van der Waals surface area contributed by atoms with Gasteiger partial charge >= 0.3 is 0 Å². The van der Waals surface area contributed by atoms with Crippen molar-refractivity contribution in [3.05, 3.63) is 17.7 Å². The molecule has 0 aromatic heterocycles. The van der Waals surface area contributed by atoms with E-state index in [2.05, 4.69) is 5.43 Å². The molecule has 0 heterocycles. The molecule has 1 aromatic carbocycles. The van der Waals surface area contributed by atoms with Gasteiger partial charge in [0.2, 0.25) is 5.75 Å². The highest BCUT2D eigenvalue weighted by molar-refractivity contribution is 5.94. The molecule has 2 N–H and O–H groups in total. The standard InChI is InChI=1S/C12H18N2O4/c1-14(2)13-12(15)8-6-9(16-3)11(18-5)10(7-8)17-4/h6-7H,1-5H3,(H,13,15)/p+1. The van der Waals surface area contributed by atoms with Crippen LogP contribution in [0.3, 0.4) is 0 Å². The minimum absolute atomic E-state index is 0.214. The average molecular weight is 255 g/mol. The van der Waals surface area contributed by atoms with E-state index in [9.17, 15) is 4.79 Å². The number of nitrogens with one attached hydrogen (secondary N) is 2. The summed E-state index contributed by atoms with van der Waals surface area (Å²) in [6, 6.07) is 3.22. The zero-order chi connectivity index (χ0) is 13.7. The van der Waals surface area contributed by atoms with Crippen molar-refractivity contribution < 1.29 is 24.0 Å².